The van der Waals surface area contributed by atoms with Gasteiger partial charge in [-0.1, -0.05) is 12.8 Å². The van der Waals surface area contributed by atoms with Gasteiger partial charge in [-0.05, 0) is 45.4 Å². The van der Waals surface area contributed by atoms with Crippen molar-refractivity contribution in [3.63, 3.8) is 0 Å². The fourth-order valence-electron chi connectivity index (χ4n) is 3.09. The van der Waals surface area contributed by atoms with Gasteiger partial charge in [0.25, 0.3) is 0 Å². The SMILES string of the molecule is CC(C)NC(=O)[C@H]1CC[C@H]2CCCC[C@H]2N1. The summed E-state index contributed by atoms with van der Waals surface area (Å²) in [6, 6.07) is 0.908. The van der Waals surface area contributed by atoms with E-state index >= 15 is 0 Å². The maximum Gasteiger partial charge on any atom is 0.237 e. The van der Waals surface area contributed by atoms with Crippen LogP contribution in [0.5, 0.6) is 0 Å². The van der Waals surface area contributed by atoms with Crippen LogP contribution in [-0.2, 0) is 4.79 Å². The minimum atomic E-state index is 0.0572. The van der Waals surface area contributed by atoms with Crippen molar-refractivity contribution in [3.05, 3.63) is 0 Å². The Morgan fingerprint density at radius 3 is 2.69 bits per heavy atom. The molecular weight excluding hydrogens is 200 g/mol. The molecule has 0 aromatic carbocycles. The van der Waals surface area contributed by atoms with E-state index in [4.69, 9.17) is 0 Å². The molecular formula is C13H24N2O. The zero-order valence-electron chi connectivity index (χ0n) is 10.5. The average Bonchev–Trinajstić information content (AvgIpc) is 2.27. The highest BCUT2D eigenvalue weighted by atomic mass is 16.2. The molecule has 3 heteroatoms. The van der Waals surface area contributed by atoms with Gasteiger partial charge in [0.1, 0.15) is 0 Å². The Balaban J connectivity index is 1.87. The molecule has 1 heterocycles. The van der Waals surface area contributed by atoms with E-state index < -0.39 is 0 Å². The van der Waals surface area contributed by atoms with Crippen molar-refractivity contribution in [2.45, 2.75) is 70.5 Å². The van der Waals surface area contributed by atoms with Crippen LogP contribution in [0, 0.1) is 5.92 Å². The van der Waals surface area contributed by atoms with Crippen LogP contribution in [0.3, 0.4) is 0 Å². The first-order valence-electron chi connectivity index (χ1n) is 6.73. The highest BCUT2D eigenvalue weighted by Gasteiger charge is 2.34. The van der Waals surface area contributed by atoms with Gasteiger partial charge in [0.15, 0.2) is 0 Å². The summed E-state index contributed by atoms with van der Waals surface area (Å²) >= 11 is 0. The van der Waals surface area contributed by atoms with E-state index in [1.54, 1.807) is 0 Å². The van der Waals surface area contributed by atoms with Crippen molar-refractivity contribution in [2.24, 2.45) is 5.92 Å². The zero-order valence-corrected chi connectivity index (χ0v) is 10.5. The van der Waals surface area contributed by atoms with Crippen molar-refractivity contribution in [1.29, 1.82) is 0 Å². The molecule has 0 radical (unpaired) electrons. The summed E-state index contributed by atoms with van der Waals surface area (Å²) in [6.07, 6.45) is 7.57. The van der Waals surface area contributed by atoms with Gasteiger partial charge in [-0.3, -0.25) is 4.79 Å². The first-order valence-corrected chi connectivity index (χ1v) is 6.73. The number of piperidine rings is 1. The molecule has 0 bridgehead atoms. The zero-order chi connectivity index (χ0) is 11.5. The summed E-state index contributed by atoms with van der Waals surface area (Å²) in [6.45, 7) is 4.04. The van der Waals surface area contributed by atoms with E-state index in [0.29, 0.717) is 6.04 Å². The summed E-state index contributed by atoms with van der Waals surface area (Å²) in [4.78, 5) is 11.9. The van der Waals surface area contributed by atoms with Gasteiger partial charge in [0, 0.05) is 12.1 Å². The van der Waals surface area contributed by atoms with Crippen LogP contribution in [0.15, 0.2) is 0 Å². The lowest BCUT2D eigenvalue weighted by Gasteiger charge is -2.40. The average molecular weight is 224 g/mol. The summed E-state index contributed by atoms with van der Waals surface area (Å²) in [5, 5.41) is 6.56. The lowest BCUT2D eigenvalue weighted by molar-refractivity contribution is -0.125. The molecule has 2 fully saturated rings. The highest BCUT2D eigenvalue weighted by Crippen LogP contribution is 2.32. The van der Waals surface area contributed by atoms with E-state index in [0.717, 1.165) is 12.3 Å². The number of hydrogen-bond acceptors (Lipinski definition) is 2. The van der Waals surface area contributed by atoms with E-state index in [1.165, 1.54) is 32.1 Å². The minimum absolute atomic E-state index is 0.0572. The Morgan fingerprint density at radius 2 is 1.94 bits per heavy atom. The Morgan fingerprint density at radius 1 is 1.19 bits per heavy atom. The molecule has 0 aromatic rings. The van der Waals surface area contributed by atoms with Crippen molar-refractivity contribution < 1.29 is 4.79 Å². The lowest BCUT2D eigenvalue weighted by Crippen LogP contribution is -2.55. The number of nitrogens with one attached hydrogen (secondary N) is 2. The number of hydrogen-bond donors (Lipinski definition) is 2. The van der Waals surface area contributed by atoms with Crippen molar-refractivity contribution >= 4 is 5.91 Å². The molecule has 0 spiro atoms. The monoisotopic (exact) mass is 224 g/mol. The van der Waals surface area contributed by atoms with Crippen LogP contribution in [0.4, 0.5) is 0 Å². The van der Waals surface area contributed by atoms with E-state index in [2.05, 4.69) is 10.6 Å². The molecule has 2 rings (SSSR count). The number of carbonyl (C=O) groups is 1. The summed E-state index contributed by atoms with van der Waals surface area (Å²) in [7, 11) is 0. The van der Waals surface area contributed by atoms with Gasteiger partial charge in [-0.2, -0.15) is 0 Å². The smallest absolute Gasteiger partial charge is 0.237 e. The standard InChI is InChI=1S/C13H24N2O/c1-9(2)14-13(16)12-8-7-10-5-3-4-6-11(10)15-12/h9-12,15H,3-8H2,1-2H3,(H,14,16)/t10-,11-,12-/m1/s1. The van der Waals surface area contributed by atoms with Crippen LogP contribution in [0.1, 0.15) is 52.4 Å². The summed E-state index contributed by atoms with van der Waals surface area (Å²) in [5.74, 6) is 1.02. The van der Waals surface area contributed by atoms with E-state index in [9.17, 15) is 4.79 Å². The predicted octanol–water partition coefficient (Wildman–Crippen LogP) is 1.82. The molecule has 2 aliphatic rings. The van der Waals surface area contributed by atoms with E-state index in [1.807, 2.05) is 13.8 Å². The number of rotatable bonds is 2. The highest BCUT2D eigenvalue weighted by molar-refractivity contribution is 5.82. The third-order valence-corrected chi connectivity index (χ3v) is 3.90. The largest absolute Gasteiger partial charge is 0.353 e. The molecule has 0 aromatic heterocycles. The molecule has 3 nitrogen and oxygen atoms in total. The van der Waals surface area contributed by atoms with Gasteiger partial charge in [0.2, 0.25) is 5.91 Å². The van der Waals surface area contributed by atoms with Gasteiger partial charge < -0.3 is 10.6 Å². The molecule has 2 N–H and O–H groups in total. The first-order chi connectivity index (χ1) is 7.66. The van der Waals surface area contributed by atoms with Crippen molar-refractivity contribution in [3.8, 4) is 0 Å². The molecule has 0 unspecified atom stereocenters. The fourth-order valence-corrected chi connectivity index (χ4v) is 3.09. The third kappa shape index (κ3) is 2.76. The Bertz CT molecular complexity index is 252. The molecule has 1 aliphatic carbocycles. The molecule has 1 saturated carbocycles. The molecule has 1 saturated heterocycles. The second-order valence-electron chi connectivity index (χ2n) is 5.61. The van der Waals surface area contributed by atoms with Gasteiger partial charge >= 0.3 is 0 Å². The molecule has 92 valence electrons. The second-order valence-corrected chi connectivity index (χ2v) is 5.61. The van der Waals surface area contributed by atoms with Crippen LogP contribution >= 0.6 is 0 Å². The van der Waals surface area contributed by atoms with Gasteiger partial charge in [0.05, 0.1) is 6.04 Å². The summed E-state index contributed by atoms with van der Waals surface area (Å²) in [5.41, 5.74) is 0. The van der Waals surface area contributed by atoms with Gasteiger partial charge in [-0.15, -0.1) is 0 Å². The number of amides is 1. The van der Waals surface area contributed by atoms with Crippen LogP contribution < -0.4 is 10.6 Å². The quantitative estimate of drug-likeness (QED) is 0.751. The van der Waals surface area contributed by atoms with Crippen molar-refractivity contribution in [2.75, 3.05) is 0 Å². The van der Waals surface area contributed by atoms with Gasteiger partial charge in [-0.25, -0.2) is 0 Å². The third-order valence-electron chi connectivity index (χ3n) is 3.90. The molecule has 16 heavy (non-hydrogen) atoms. The Kier molecular flexibility index (Phi) is 3.85. The van der Waals surface area contributed by atoms with Crippen LogP contribution in [0.25, 0.3) is 0 Å². The number of fused-ring (bicyclic) bond motifs is 1. The topological polar surface area (TPSA) is 41.1 Å². The fraction of sp³-hybridized carbons (Fsp3) is 0.923. The minimum Gasteiger partial charge on any atom is -0.353 e. The second kappa shape index (κ2) is 5.17. The maximum absolute atomic E-state index is 11.9. The molecule has 1 aliphatic heterocycles. The van der Waals surface area contributed by atoms with Crippen molar-refractivity contribution in [1.82, 2.24) is 10.6 Å². The van der Waals surface area contributed by atoms with Crippen LogP contribution in [-0.4, -0.2) is 24.0 Å². The molecule has 3 atom stereocenters. The Labute approximate surface area is 98.4 Å². The van der Waals surface area contributed by atoms with Crippen LogP contribution in [0.2, 0.25) is 0 Å². The Hall–Kier alpha value is -0.570. The normalized spacial score (nSPS) is 34.6. The first kappa shape index (κ1) is 11.9. The summed E-state index contributed by atoms with van der Waals surface area (Å²) < 4.78 is 0. The molecule has 1 amide bonds. The predicted molar refractivity (Wildman–Crippen MR) is 65.2 cm³/mol. The lowest BCUT2D eigenvalue weighted by atomic mass is 9.77. The number of carbonyl (C=O) groups excluding carboxylic acids is 1. The van der Waals surface area contributed by atoms with E-state index in [-0.39, 0.29) is 18.0 Å². The maximum atomic E-state index is 11.9.